The lowest BCUT2D eigenvalue weighted by molar-refractivity contribution is 0.0938. The molecule has 6 nitrogen and oxygen atoms in total. The topological polar surface area (TPSA) is 75.5 Å². The van der Waals surface area contributed by atoms with Crippen molar-refractivity contribution >= 4 is 17.3 Å². The molecule has 0 radical (unpaired) electrons. The van der Waals surface area contributed by atoms with Crippen LogP contribution in [0.2, 0.25) is 0 Å². The fraction of sp³-hybridized carbons (Fsp3) is 0.250. The van der Waals surface area contributed by atoms with Crippen molar-refractivity contribution in [3.63, 3.8) is 0 Å². The number of amides is 2. The summed E-state index contributed by atoms with van der Waals surface area (Å²) in [7, 11) is 0. The van der Waals surface area contributed by atoms with Gasteiger partial charge in [-0.05, 0) is 24.1 Å². The van der Waals surface area contributed by atoms with E-state index in [9.17, 15) is 14.0 Å². The standard InChI is InChI=1S/C20H21FN4O2/c1-13(2)11-22-20(27)18-24-17(16-9-5-6-10-25(16)18)19(26)23-12-14-7-3-4-8-15(14)21/h3-10,13H,11-12H2,1-2H3,(H,22,27)(H,23,26). The van der Waals surface area contributed by atoms with Gasteiger partial charge >= 0.3 is 0 Å². The average Bonchev–Trinajstić information content (AvgIpc) is 3.05. The number of carbonyl (C=O) groups is 2. The SMILES string of the molecule is CC(C)CNC(=O)c1nc(C(=O)NCc2ccccc2F)c2ccccn12. The Morgan fingerprint density at radius 2 is 1.81 bits per heavy atom. The van der Waals surface area contributed by atoms with Crippen LogP contribution in [0.5, 0.6) is 0 Å². The minimum Gasteiger partial charge on any atom is -0.349 e. The summed E-state index contributed by atoms with van der Waals surface area (Å²) in [5.41, 5.74) is 1.02. The number of imidazole rings is 1. The second kappa shape index (κ2) is 7.99. The van der Waals surface area contributed by atoms with Crippen molar-refractivity contribution in [1.82, 2.24) is 20.0 Å². The highest BCUT2D eigenvalue weighted by atomic mass is 19.1. The fourth-order valence-electron chi connectivity index (χ4n) is 2.64. The number of fused-ring (bicyclic) bond motifs is 1. The lowest BCUT2D eigenvalue weighted by atomic mass is 10.2. The van der Waals surface area contributed by atoms with Crippen LogP contribution >= 0.6 is 0 Å². The second-order valence-electron chi connectivity index (χ2n) is 6.62. The van der Waals surface area contributed by atoms with Crippen molar-refractivity contribution < 1.29 is 14.0 Å². The predicted molar refractivity (Wildman–Crippen MR) is 99.9 cm³/mol. The van der Waals surface area contributed by atoms with Crippen LogP contribution in [-0.4, -0.2) is 27.7 Å². The summed E-state index contributed by atoms with van der Waals surface area (Å²) in [6.07, 6.45) is 1.68. The van der Waals surface area contributed by atoms with Gasteiger partial charge in [0.15, 0.2) is 5.69 Å². The quantitative estimate of drug-likeness (QED) is 0.703. The summed E-state index contributed by atoms with van der Waals surface area (Å²) in [5.74, 6) is -0.768. The van der Waals surface area contributed by atoms with Crippen LogP contribution in [-0.2, 0) is 6.54 Å². The first-order valence-electron chi connectivity index (χ1n) is 8.74. The summed E-state index contributed by atoms with van der Waals surface area (Å²) < 4.78 is 15.3. The maximum atomic E-state index is 13.7. The molecule has 0 spiro atoms. The second-order valence-corrected chi connectivity index (χ2v) is 6.62. The van der Waals surface area contributed by atoms with Gasteiger partial charge in [0.2, 0.25) is 5.82 Å². The third kappa shape index (κ3) is 4.13. The molecular formula is C20H21FN4O2. The molecule has 2 heterocycles. The van der Waals surface area contributed by atoms with E-state index in [1.807, 2.05) is 13.8 Å². The van der Waals surface area contributed by atoms with Crippen LogP contribution in [0.4, 0.5) is 4.39 Å². The average molecular weight is 368 g/mol. The smallest absolute Gasteiger partial charge is 0.287 e. The van der Waals surface area contributed by atoms with Gasteiger partial charge in [0.05, 0.1) is 5.52 Å². The lowest BCUT2D eigenvalue weighted by Crippen LogP contribution is -2.29. The van der Waals surface area contributed by atoms with Crippen molar-refractivity contribution in [1.29, 1.82) is 0 Å². The van der Waals surface area contributed by atoms with Gasteiger partial charge < -0.3 is 10.6 Å². The summed E-state index contributed by atoms with van der Waals surface area (Å²) in [6, 6.07) is 11.5. The number of aromatic nitrogens is 2. The number of hydrogen-bond acceptors (Lipinski definition) is 3. The number of benzene rings is 1. The molecule has 0 unspecified atom stereocenters. The van der Waals surface area contributed by atoms with Gasteiger partial charge in [0.25, 0.3) is 11.8 Å². The van der Waals surface area contributed by atoms with Crippen molar-refractivity contribution in [2.45, 2.75) is 20.4 Å². The van der Waals surface area contributed by atoms with Crippen molar-refractivity contribution in [3.8, 4) is 0 Å². The van der Waals surface area contributed by atoms with Crippen LogP contribution in [0.1, 0.15) is 40.5 Å². The van der Waals surface area contributed by atoms with E-state index in [1.54, 1.807) is 47.0 Å². The molecule has 27 heavy (non-hydrogen) atoms. The van der Waals surface area contributed by atoms with Gasteiger partial charge in [-0.3, -0.25) is 14.0 Å². The molecule has 3 aromatic rings. The molecule has 0 bridgehead atoms. The first-order valence-corrected chi connectivity index (χ1v) is 8.74. The Morgan fingerprint density at radius 1 is 1.07 bits per heavy atom. The number of rotatable bonds is 6. The zero-order chi connectivity index (χ0) is 19.4. The molecule has 2 N–H and O–H groups in total. The Balaban J connectivity index is 1.85. The third-order valence-electron chi connectivity index (χ3n) is 4.03. The Bertz CT molecular complexity index is 981. The van der Waals surface area contributed by atoms with Crippen LogP contribution in [0.25, 0.3) is 5.52 Å². The summed E-state index contributed by atoms with van der Waals surface area (Å²) in [5, 5.41) is 5.47. The Hall–Kier alpha value is -3.22. The van der Waals surface area contributed by atoms with E-state index >= 15 is 0 Å². The number of halogens is 1. The molecule has 3 rings (SSSR count). The molecule has 7 heteroatoms. The molecule has 1 aromatic carbocycles. The molecule has 0 fully saturated rings. The molecule has 0 saturated carbocycles. The van der Waals surface area contributed by atoms with Gasteiger partial charge in [-0.1, -0.05) is 38.1 Å². The maximum absolute atomic E-state index is 13.7. The summed E-state index contributed by atoms with van der Waals surface area (Å²) in [6.45, 7) is 4.53. The molecular weight excluding hydrogens is 347 g/mol. The lowest BCUT2D eigenvalue weighted by Gasteiger charge is -2.06. The Morgan fingerprint density at radius 3 is 2.56 bits per heavy atom. The summed E-state index contributed by atoms with van der Waals surface area (Å²) in [4.78, 5) is 29.3. The minimum absolute atomic E-state index is 0.0340. The number of nitrogens with one attached hydrogen (secondary N) is 2. The molecule has 0 atom stereocenters. The van der Waals surface area contributed by atoms with Crippen LogP contribution in [0.3, 0.4) is 0 Å². The number of nitrogens with zero attached hydrogens (tertiary/aromatic N) is 2. The fourth-order valence-corrected chi connectivity index (χ4v) is 2.64. The zero-order valence-corrected chi connectivity index (χ0v) is 15.2. The molecule has 0 aliphatic rings. The van der Waals surface area contributed by atoms with Crippen molar-refractivity contribution in [2.24, 2.45) is 5.92 Å². The van der Waals surface area contributed by atoms with E-state index in [0.717, 1.165) is 0 Å². The Kier molecular flexibility index (Phi) is 5.49. The zero-order valence-electron chi connectivity index (χ0n) is 15.2. The first kappa shape index (κ1) is 18.6. The van der Waals surface area contributed by atoms with E-state index in [2.05, 4.69) is 15.6 Å². The third-order valence-corrected chi connectivity index (χ3v) is 4.03. The highest BCUT2D eigenvalue weighted by Crippen LogP contribution is 2.14. The molecule has 0 aliphatic carbocycles. The normalized spacial score (nSPS) is 11.0. The molecule has 2 amide bonds. The number of pyridine rings is 1. The van der Waals surface area contributed by atoms with Gasteiger partial charge in [0, 0.05) is 24.8 Å². The van der Waals surface area contributed by atoms with Crippen molar-refractivity contribution in [3.05, 3.63) is 71.6 Å². The molecule has 0 aliphatic heterocycles. The molecule has 140 valence electrons. The van der Waals surface area contributed by atoms with E-state index < -0.39 is 5.91 Å². The van der Waals surface area contributed by atoms with Crippen LogP contribution < -0.4 is 10.6 Å². The Labute approximate surface area is 156 Å². The van der Waals surface area contributed by atoms with Gasteiger partial charge in [-0.2, -0.15) is 0 Å². The molecule has 0 saturated heterocycles. The first-order chi connectivity index (χ1) is 13.0. The number of hydrogen-bond donors (Lipinski definition) is 2. The summed E-state index contributed by atoms with van der Waals surface area (Å²) >= 11 is 0. The van der Waals surface area contributed by atoms with Crippen LogP contribution in [0.15, 0.2) is 48.7 Å². The van der Waals surface area contributed by atoms with E-state index in [1.165, 1.54) is 6.07 Å². The van der Waals surface area contributed by atoms with Crippen molar-refractivity contribution in [2.75, 3.05) is 6.54 Å². The van der Waals surface area contributed by atoms with E-state index in [4.69, 9.17) is 0 Å². The van der Waals surface area contributed by atoms with E-state index in [0.29, 0.717) is 23.5 Å². The van der Waals surface area contributed by atoms with Gasteiger partial charge in [-0.15, -0.1) is 0 Å². The maximum Gasteiger partial charge on any atom is 0.287 e. The van der Waals surface area contributed by atoms with Gasteiger partial charge in [0.1, 0.15) is 5.82 Å². The predicted octanol–water partition coefficient (Wildman–Crippen LogP) is 2.79. The highest BCUT2D eigenvalue weighted by molar-refractivity contribution is 6.02. The highest BCUT2D eigenvalue weighted by Gasteiger charge is 2.21. The largest absolute Gasteiger partial charge is 0.349 e. The van der Waals surface area contributed by atoms with E-state index in [-0.39, 0.29) is 29.8 Å². The minimum atomic E-state index is -0.468. The monoisotopic (exact) mass is 368 g/mol. The number of carbonyl (C=O) groups excluding carboxylic acids is 2. The molecule has 2 aromatic heterocycles. The van der Waals surface area contributed by atoms with Gasteiger partial charge in [-0.25, -0.2) is 9.37 Å². The van der Waals surface area contributed by atoms with Crippen LogP contribution in [0, 0.1) is 11.7 Å².